The van der Waals surface area contributed by atoms with Crippen LogP contribution in [0.25, 0.3) is 21.9 Å². The SMILES string of the molecule is Cc1ccc(-c2nc3cccnc3n2C(C)C)s1. The van der Waals surface area contributed by atoms with Crippen molar-refractivity contribution in [2.75, 3.05) is 0 Å². The summed E-state index contributed by atoms with van der Waals surface area (Å²) in [4.78, 5) is 11.7. The molecule has 92 valence electrons. The Bertz CT molecular complexity index is 694. The monoisotopic (exact) mass is 257 g/mol. The molecule has 3 rings (SSSR count). The van der Waals surface area contributed by atoms with Gasteiger partial charge < -0.3 is 4.57 Å². The number of imidazole rings is 1. The summed E-state index contributed by atoms with van der Waals surface area (Å²) < 4.78 is 2.21. The third kappa shape index (κ3) is 1.73. The van der Waals surface area contributed by atoms with Crippen LogP contribution in [0.3, 0.4) is 0 Å². The molecule has 0 aliphatic heterocycles. The minimum absolute atomic E-state index is 0.349. The van der Waals surface area contributed by atoms with Crippen LogP contribution in [0.4, 0.5) is 0 Å². The first-order valence-corrected chi connectivity index (χ1v) is 6.88. The van der Waals surface area contributed by atoms with E-state index in [9.17, 15) is 0 Å². The molecular weight excluding hydrogens is 242 g/mol. The Hall–Kier alpha value is -1.68. The standard InChI is InChI=1S/C14H15N3S/c1-9(2)17-13-11(5-4-8-15-13)16-14(17)12-7-6-10(3)18-12/h4-9H,1-3H3. The number of aryl methyl sites for hydroxylation is 1. The first kappa shape index (κ1) is 11.4. The summed E-state index contributed by atoms with van der Waals surface area (Å²) in [7, 11) is 0. The van der Waals surface area contributed by atoms with Gasteiger partial charge in [-0.05, 0) is 45.0 Å². The summed E-state index contributed by atoms with van der Waals surface area (Å²) >= 11 is 1.78. The van der Waals surface area contributed by atoms with Gasteiger partial charge in [-0.15, -0.1) is 11.3 Å². The number of aromatic nitrogens is 3. The van der Waals surface area contributed by atoms with Gasteiger partial charge in [0.15, 0.2) is 11.5 Å². The van der Waals surface area contributed by atoms with Gasteiger partial charge in [-0.3, -0.25) is 0 Å². The number of fused-ring (bicyclic) bond motifs is 1. The lowest BCUT2D eigenvalue weighted by Gasteiger charge is -2.10. The molecule has 0 saturated carbocycles. The minimum atomic E-state index is 0.349. The Balaban J connectivity index is 2.31. The van der Waals surface area contributed by atoms with Crippen molar-refractivity contribution >= 4 is 22.5 Å². The summed E-state index contributed by atoms with van der Waals surface area (Å²) in [6.07, 6.45) is 1.83. The van der Waals surface area contributed by atoms with Gasteiger partial charge in [0.2, 0.25) is 0 Å². The van der Waals surface area contributed by atoms with Crippen molar-refractivity contribution in [1.82, 2.24) is 14.5 Å². The van der Waals surface area contributed by atoms with E-state index in [1.165, 1.54) is 9.75 Å². The predicted octanol–water partition coefficient (Wildman–Crippen LogP) is 4.05. The van der Waals surface area contributed by atoms with Gasteiger partial charge in [-0.1, -0.05) is 0 Å². The molecule has 3 heterocycles. The molecule has 0 aliphatic rings. The maximum Gasteiger partial charge on any atom is 0.160 e. The lowest BCUT2D eigenvalue weighted by molar-refractivity contribution is 0.620. The van der Waals surface area contributed by atoms with Crippen molar-refractivity contribution in [3.8, 4) is 10.7 Å². The number of hydrogen-bond acceptors (Lipinski definition) is 3. The zero-order valence-corrected chi connectivity index (χ0v) is 11.5. The summed E-state index contributed by atoms with van der Waals surface area (Å²) in [6.45, 7) is 6.45. The first-order chi connectivity index (χ1) is 8.66. The van der Waals surface area contributed by atoms with E-state index in [4.69, 9.17) is 4.98 Å². The van der Waals surface area contributed by atoms with Crippen molar-refractivity contribution in [3.05, 3.63) is 35.3 Å². The van der Waals surface area contributed by atoms with Gasteiger partial charge in [0.05, 0.1) is 4.88 Å². The highest BCUT2D eigenvalue weighted by atomic mass is 32.1. The predicted molar refractivity (Wildman–Crippen MR) is 76.0 cm³/mol. The molecule has 0 fully saturated rings. The molecule has 0 spiro atoms. The molecule has 0 bridgehead atoms. The molecule has 0 saturated heterocycles. The van der Waals surface area contributed by atoms with Crippen LogP contribution < -0.4 is 0 Å². The van der Waals surface area contributed by atoms with Crippen molar-refractivity contribution in [2.45, 2.75) is 26.8 Å². The van der Waals surface area contributed by atoms with Crippen molar-refractivity contribution in [2.24, 2.45) is 0 Å². The maximum absolute atomic E-state index is 4.73. The first-order valence-electron chi connectivity index (χ1n) is 6.06. The van der Waals surface area contributed by atoms with Crippen molar-refractivity contribution in [3.63, 3.8) is 0 Å². The molecule has 18 heavy (non-hydrogen) atoms. The molecule has 4 heteroatoms. The average Bonchev–Trinajstić information content (AvgIpc) is 2.91. The minimum Gasteiger partial charge on any atom is -0.305 e. The van der Waals surface area contributed by atoms with Crippen LogP contribution in [0.5, 0.6) is 0 Å². The van der Waals surface area contributed by atoms with Crippen molar-refractivity contribution < 1.29 is 0 Å². The lowest BCUT2D eigenvalue weighted by Crippen LogP contribution is -2.03. The number of hydrogen-bond donors (Lipinski definition) is 0. The Morgan fingerprint density at radius 2 is 2.06 bits per heavy atom. The summed E-state index contributed by atoms with van der Waals surface area (Å²) in [6, 6.07) is 8.58. The topological polar surface area (TPSA) is 30.7 Å². The molecular formula is C14H15N3S. The number of pyridine rings is 1. The smallest absolute Gasteiger partial charge is 0.160 e. The maximum atomic E-state index is 4.73. The zero-order valence-electron chi connectivity index (χ0n) is 10.7. The molecule has 0 radical (unpaired) electrons. The molecule has 0 atom stereocenters. The van der Waals surface area contributed by atoms with Gasteiger partial charge in [-0.25, -0.2) is 9.97 Å². The van der Waals surface area contributed by atoms with Crippen LogP contribution in [0.2, 0.25) is 0 Å². The average molecular weight is 257 g/mol. The Morgan fingerprint density at radius 1 is 1.22 bits per heavy atom. The van der Waals surface area contributed by atoms with Gasteiger partial charge in [0.1, 0.15) is 5.52 Å². The van der Waals surface area contributed by atoms with Crippen molar-refractivity contribution in [1.29, 1.82) is 0 Å². The van der Waals surface area contributed by atoms with E-state index >= 15 is 0 Å². The third-order valence-electron chi connectivity index (χ3n) is 2.93. The quantitative estimate of drug-likeness (QED) is 0.693. The fourth-order valence-corrected chi connectivity index (χ4v) is 3.00. The van der Waals surface area contributed by atoms with Crippen LogP contribution in [-0.2, 0) is 0 Å². The fourth-order valence-electron chi connectivity index (χ4n) is 2.15. The van der Waals surface area contributed by atoms with Crippen LogP contribution in [0.1, 0.15) is 24.8 Å². The van der Waals surface area contributed by atoms with Gasteiger partial charge in [-0.2, -0.15) is 0 Å². The molecule has 0 aliphatic carbocycles. The number of thiophene rings is 1. The number of rotatable bonds is 2. The van der Waals surface area contributed by atoms with Gasteiger partial charge in [0, 0.05) is 17.1 Å². The molecule has 3 nitrogen and oxygen atoms in total. The second-order valence-electron chi connectivity index (χ2n) is 4.66. The molecule has 0 unspecified atom stereocenters. The van der Waals surface area contributed by atoms with Crippen LogP contribution in [-0.4, -0.2) is 14.5 Å². The summed E-state index contributed by atoms with van der Waals surface area (Å²) in [5.41, 5.74) is 1.93. The van der Waals surface area contributed by atoms with E-state index in [1.807, 2.05) is 18.3 Å². The summed E-state index contributed by atoms with van der Waals surface area (Å²) in [5.74, 6) is 1.02. The molecule has 0 amide bonds. The van der Waals surface area contributed by atoms with E-state index < -0.39 is 0 Å². The third-order valence-corrected chi connectivity index (χ3v) is 3.92. The van der Waals surface area contributed by atoms with Crippen LogP contribution >= 0.6 is 11.3 Å². The van der Waals surface area contributed by atoms with E-state index in [1.54, 1.807) is 11.3 Å². The van der Waals surface area contributed by atoms with E-state index in [0.717, 1.165) is 17.0 Å². The van der Waals surface area contributed by atoms with Gasteiger partial charge >= 0.3 is 0 Å². The van der Waals surface area contributed by atoms with E-state index in [2.05, 4.69) is 42.5 Å². The highest BCUT2D eigenvalue weighted by Crippen LogP contribution is 2.31. The largest absolute Gasteiger partial charge is 0.305 e. The zero-order chi connectivity index (χ0) is 12.7. The molecule has 0 aromatic carbocycles. The van der Waals surface area contributed by atoms with Crippen LogP contribution in [0.15, 0.2) is 30.5 Å². The summed E-state index contributed by atoms with van der Waals surface area (Å²) in [5, 5.41) is 0. The normalized spacial score (nSPS) is 11.6. The molecule has 0 N–H and O–H groups in total. The molecule has 3 aromatic rings. The van der Waals surface area contributed by atoms with Crippen LogP contribution in [0, 0.1) is 6.92 Å². The number of nitrogens with zero attached hydrogens (tertiary/aromatic N) is 3. The van der Waals surface area contributed by atoms with E-state index in [0.29, 0.717) is 6.04 Å². The Labute approximate surface area is 110 Å². The lowest BCUT2D eigenvalue weighted by atomic mass is 10.3. The fraction of sp³-hybridized carbons (Fsp3) is 0.286. The second kappa shape index (κ2) is 4.21. The highest BCUT2D eigenvalue weighted by molar-refractivity contribution is 7.15. The highest BCUT2D eigenvalue weighted by Gasteiger charge is 2.16. The second-order valence-corrected chi connectivity index (χ2v) is 5.94. The Morgan fingerprint density at radius 3 is 2.72 bits per heavy atom. The molecule has 3 aromatic heterocycles. The van der Waals surface area contributed by atoms with Gasteiger partial charge in [0.25, 0.3) is 0 Å². The Kier molecular flexibility index (Phi) is 2.67. The van der Waals surface area contributed by atoms with E-state index in [-0.39, 0.29) is 0 Å².